The van der Waals surface area contributed by atoms with Crippen molar-refractivity contribution in [1.29, 1.82) is 0 Å². The average molecular weight is 387 g/mol. The zero-order valence-electron chi connectivity index (χ0n) is 14.7. The molecule has 3 aromatic rings. The van der Waals surface area contributed by atoms with Crippen molar-refractivity contribution in [2.24, 2.45) is 0 Å². The van der Waals surface area contributed by atoms with Crippen LogP contribution in [-0.2, 0) is 9.53 Å². The Morgan fingerprint density at radius 1 is 1.26 bits per heavy atom. The lowest BCUT2D eigenvalue weighted by Gasteiger charge is -2.09. The summed E-state index contributed by atoms with van der Waals surface area (Å²) in [5.74, 6) is -1.24. The van der Waals surface area contributed by atoms with Crippen LogP contribution in [0.5, 0.6) is 0 Å². The SMILES string of the molecule is CCOC(=O)CC(=O)c1sc2c(c1N)c(=O)[nH]c(=O)n2-c1ccccc1C. The van der Waals surface area contributed by atoms with E-state index in [-0.39, 0.29) is 27.4 Å². The van der Waals surface area contributed by atoms with Gasteiger partial charge in [0.2, 0.25) is 0 Å². The molecule has 0 aliphatic carbocycles. The third-order valence-corrected chi connectivity index (χ3v) is 5.23. The van der Waals surface area contributed by atoms with Crippen molar-refractivity contribution in [3.05, 3.63) is 55.5 Å². The number of carbonyl (C=O) groups is 2. The lowest BCUT2D eigenvalue weighted by molar-refractivity contribution is -0.141. The molecule has 0 aliphatic heterocycles. The van der Waals surface area contributed by atoms with Gasteiger partial charge in [0.1, 0.15) is 11.3 Å². The monoisotopic (exact) mass is 387 g/mol. The van der Waals surface area contributed by atoms with Gasteiger partial charge in [-0.25, -0.2) is 4.79 Å². The largest absolute Gasteiger partial charge is 0.466 e. The zero-order valence-corrected chi connectivity index (χ0v) is 15.5. The number of anilines is 1. The quantitative estimate of drug-likeness (QED) is 0.391. The summed E-state index contributed by atoms with van der Waals surface area (Å²) in [6.07, 6.45) is -0.489. The van der Waals surface area contributed by atoms with Crippen molar-refractivity contribution in [2.45, 2.75) is 20.3 Å². The van der Waals surface area contributed by atoms with Gasteiger partial charge in [0.15, 0.2) is 5.78 Å². The van der Waals surface area contributed by atoms with Crippen molar-refractivity contribution in [1.82, 2.24) is 9.55 Å². The molecule has 0 aliphatic rings. The standard InChI is InChI=1S/C18H17N3O5S/c1-3-26-12(23)8-11(22)15-14(19)13-16(24)20-18(25)21(17(13)27-15)10-7-5-4-6-9(10)2/h4-7H,3,8,19H2,1-2H3,(H,20,24,25). The topological polar surface area (TPSA) is 124 Å². The molecule has 27 heavy (non-hydrogen) atoms. The van der Waals surface area contributed by atoms with E-state index >= 15 is 0 Å². The van der Waals surface area contributed by atoms with Gasteiger partial charge in [-0.1, -0.05) is 18.2 Å². The number of hydrogen-bond donors (Lipinski definition) is 2. The van der Waals surface area contributed by atoms with E-state index in [4.69, 9.17) is 10.5 Å². The summed E-state index contributed by atoms with van der Waals surface area (Å²) in [5.41, 5.74) is 6.04. The van der Waals surface area contributed by atoms with Crippen LogP contribution < -0.4 is 17.0 Å². The first-order valence-electron chi connectivity index (χ1n) is 8.17. The number of esters is 1. The summed E-state index contributed by atoms with van der Waals surface area (Å²) >= 11 is 0.911. The second kappa shape index (κ2) is 7.20. The molecule has 2 aromatic heterocycles. The van der Waals surface area contributed by atoms with Gasteiger partial charge in [0.05, 0.1) is 28.2 Å². The van der Waals surface area contributed by atoms with E-state index in [0.29, 0.717) is 5.69 Å². The molecule has 0 amide bonds. The number of nitrogen functional groups attached to an aromatic ring is 1. The maximum Gasteiger partial charge on any atom is 0.334 e. The predicted molar refractivity (Wildman–Crippen MR) is 103 cm³/mol. The number of rotatable bonds is 5. The van der Waals surface area contributed by atoms with Crippen molar-refractivity contribution in [3.8, 4) is 5.69 Å². The second-order valence-electron chi connectivity index (χ2n) is 5.81. The average Bonchev–Trinajstić information content (AvgIpc) is 2.94. The number of hydrogen-bond acceptors (Lipinski definition) is 7. The van der Waals surface area contributed by atoms with Gasteiger partial charge in [-0.05, 0) is 25.5 Å². The molecule has 3 rings (SSSR count). The van der Waals surface area contributed by atoms with Gasteiger partial charge in [-0.15, -0.1) is 11.3 Å². The van der Waals surface area contributed by atoms with Crippen LogP contribution >= 0.6 is 11.3 Å². The lowest BCUT2D eigenvalue weighted by atomic mass is 10.2. The van der Waals surface area contributed by atoms with Crippen LogP contribution in [0.1, 0.15) is 28.6 Å². The van der Waals surface area contributed by atoms with Gasteiger partial charge in [0.25, 0.3) is 5.56 Å². The lowest BCUT2D eigenvalue weighted by Crippen LogP contribution is -2.29. The molecule has 0 bridgehead atoms. The van der Waals surface area contributed by atoms with Crippen LogP contribution in [0, 0.1) is 6.92 Å². The minimum absolute atomic E-state index is 0.0483. The molecule has 1 aromatic carbocycles. The smallest absolute Gasteiger partial charge is 0.334 e. The summed E-state index contributed by atoms with van der Waals surface area (Å²) < 4.78 is 6.09. The molecular weight excluding hydrogens is 370 g/mol. The summed E-state index contributed by atoms with van der Waals surface area (Å²) in [6, 6.07) is 7.13. The molecule has 8 nitrogen and oxygen atoms in total. The highest BCUT2D eigenvalue weighted by Crippen LogP contribution is 2.33. The fourth-order valence-corrected chi connectivity index (χ4v) is 3.95. The molecule has 0 saturated heterocycles. The third kappa shape index (κ3) is 3.28. The van der Waals surface area contributed by atoms with Crippen LogP contribution in [0.15, 0.2) is 33.9 Å². The van der Waals surface area contributed by atoms with Crippen LogP contribution in [0.3, 0.4) is 0 Å². The van der Waals surface area contributed by atoms with Crippen LogP contribution in [-0.4, -0.2) is 27.9 Å². The number of H-pyrrole nitrogens is 1. The Morgan fingerprint density at radius 3 is 2.63 bits per heavy atom. The highest BCUT2D eigenvalue weighted by Gasteiger charge is 2.24. The van der Waals surface area contributed by atoms with Crippen LogP contribution in [0.2, 0.25) is 0 Å². The number of aryl methyl sites for hydroxylation is 1. The number of Topliss-reactive ketones (excluding diaryl/α,β-unsaturated/α-hetero) is 1. The highest BCUT2D eigenvalue weighted by atomic mass is 32.1. The fourth-order valence-electron chi connectivity index (χ4n) is 2.78. The van der Waals surface area contributed by atoms with Crippen molar-refractivity contribution < 1.29 is 14.3 Å². The van der Waals surface area contributed by atoms with Crippen molar-refractivity contribution >= 4 is 39.0 Å². The molecule has 3 N–H and O–H groups in total. The van der Waals surface area contributed by atoms with Gasteiger partial charge >= 0.3 is 11.7 Å². The minimum Gasteiger partial charge on any atom is -0.466 e. The fraction of sp³-hybridized carbons (Fsp3) is 0.222. The normalized spacial score (nSPS) is 10.9. The molecule has 0 atom stereocenters. The number of ether oxygens (including phenoxy) is 1. The minimum atomic E-state index is -0.677. The number of para-hydroxylation sites is 1. The number of benzene rings is 1. The number of nitrogens with one attached hydrogen (secondary N) is 1. The first kappa shape index (κ1) is 18.6. The molecular formula is C18H17N3O5S. The molecule has 0 unspecified atom stereocenters. The van der Waals surface area contributed by atoms with Crippen molar-refractivity contribution in [2.75, 3.05) is 12.3 Å². The summed E-state index contributed by atoms with van der Waals surface area (Å²) in [6.45, 7) is 3.61. The van der Waals surface area contributed by atoms with E-state index < -0.39 is 29.4 Å². The Bertz CT molecular complexity index is 1170. The number of fused-ring (bicyclic) bond motifs is 1. The van der Waals surface area contributed by atoms with E-state index in [1.165, 1.54) is 4.57 Å². The number of aromatic nitrogens is 2. The number of thiophene rings is 1. The van der Waals surface area contributed by atoms with E-state index in [2.05, 4.69) is 4.98 Å². The van der Waals surface area contributed by atoms with Gasteiger partial charge in [-0.3, -0.25) is 23.9 Å². The Balaban J connectivity index is 2.24. The summed E-state index contributed by atoms with van der Waals surface area (Å²) in [5, 5.41) is 0.0510. The Labute approximate surface area is 157 Å². The molecule has 0 radical (unpaired) electrons. The predicted octanol–water partition coefficient (Wildman–Crippen LogP) is 1.77. The molecule has 0 fully saturated rings. The first-order valence-corrected chi connectivity index (χ1v) is 8.99. The first-order chi connectivity index (χ1) is 12.8. The van der Waals surface area contributed by atoms with Gasteiger partial charge < -0.3 is 10.5 Å². The molecule has 2 heterocycles. The number of ketones is 1. The maximum atomic E-state index is 12.5. The third-order valence-electron chi connectivity index (χ3n) is 4.00. The highest BCUT2D eigenvalue weighted by molar-refractivity contribution is 7.21. The number of nitrogens with zero attached hydrogens (tertiary/aromatic N) is 1. The van der Waals surface area contributed by atoms with Crippen LogP contribution in [0.25, 0.3) is 15.9 Å². The maximum absolute atomic E-state index is 12.5. The van der Waals surface area contributed by atoms with E-state index in [9.17, 15) is 19.2 Å². The van der Waals surface area contributed by atoms with Gasteiger partial charge in [-0.2, -0.15) is 0 Å². The summed E-state index contributed by atoms with van der Waals surface area (Å²) in [4.78, 5) is 51.4. The number of carbonyl (C=O) groups excluding carboxylic acids is 2. The van der Waals surface area contributed by atoms with E-state index in [1.54, 1.807) is 19.1 Å². The Morgan fingerprint density at radius 2 is 1.96 bits per heavy atom. The van der Waals surface area contributed by atoms with Crippen molar-refractivity contribution in [3.63, 3.8) is 0 Å². The molecule has 140 valence electrons. The summed E-state index contributed by atoms with van der Waals surface area (Å²) in [7, 11) is 0. The Kier molecular flexibility index (Phi) is 4.95. The molecule has 0 spiro atoms. The van der Waals surface area contributed by atoms with E-state index in [0.717, 1.165) is 16.9 Å². The Hall–Kier alpha value is -3.20. The number of aromatic amines is 1. The zero-order chi connectivity index (χ0) is 19.7. The molecule has 0 saturated carbocycles. The van der Waals surface area contributed by atoms with Gasteiger partial charge in [0, 0.05) is 0 Å². The van der Waals surface area contributed by atoms with Crippen LogP contribution in [0.4, 0.5) is 5.69 Å². The molecule has 9 heteroatoms. The van der Waals surface area contributed by atoms with E-state index in [1.807, 2.05) is 19.1 Å². The second-order valence-corrected chi connectivity index (χ2v) is 6.81. The number of nitrogens with two attached hydrogens (primary N) is 1.